The van der Waals surface area contributed by atoms with Gasteiger partial charge in [-0.1, -0.05) is 54.9 Å². The molecule has 0 aliphatic rings. The highest BCUT2D eigenvalue weighted by molar-refractivity contribution is 6.30. The number of hydrogen-bond donors (Lipinski definition) is 1. The van der Waals surface area contributed by atoms with Gasteiger partial charge in [0.2, 0.25) is 0 Å². The SMILES string of the molecule is CCNCC(OCc1ccc(Cl)cc1)c1ccccc1C. The molecule has 112 valence electrons. The Balaban J connectivity index is 2.06. The van der Waals surface area contributed by atoms with Gasteiger partial charge in [0.1, 0.15) is 0 Å². The molecular formula is C18H22ClNO. The first-order valence-electron chi connectivity index (χ1n) is 7.33. The van der Waals surface area contributed by atoms with Crippen LogP contribution in [0.5, 0.6) is 0 Å². The molecule has 1 N–H and O–H groups in total. The first-order valence-corrected chi connectivity index (χ1v) is 7.70. The Bertz CT molecular complexity index is 553. The number of ether oxygens (including phenoxy) is 1. The van der Waals surface area contributed by atoms with Crippen molar-refractivity contribution in [3.8, 4) is 0 Å². The van der Waals surface area contributed by atoms with Gasteiger partial charge in [0.25, 0.3) is 0 Å². The van der Waals surface area contributed by atoms with E-state index in [9.17, 15) is 0 Å². The maximum Gasteiger partial charge on any atom is 0.0956 e. The van der Waals surface area contributed by atoms with Crippen molar-refractivity contribution >= 4 is 11.6 Å². The maximum absolute atomic E-state index is 6.13. The van der Waals surface area contributed by atoms with Crippen molar-refractivity contribution in [3.05, 3.63) is 70.2 Å². The van der Waals surface area contributed by atoms with E-state index in [2.05, 4.69) is 43.4 Å². The van der Waals surface area contributed by atoms with Crippen LogP contribution in [0.3, 0.4) is 0 Å². The van der Waals surface area contributed by atoms with Crippen LogP contribution >= 0.6 is 11.6 Å². The van der Waals surface area contributed by atoms with E-state index in [-0.39, 0.29) is 6.10 Å². The van der Waals surface area contributed by atoms with Crippen LogP contribution in [0, 0.1) is 6.92 Å². The van der Waals surface area contributed by atoms with Crippen LogP contribution in [0.4, 0.5) is 0 Å². The lowest BCUT2D eigenvalue weighted by Gasteiger charge is -2.20. The van der Waals surface area contributed by atoms with Gasteiger partial charge in [-0.05, 0) is 42.3 Å². The molecule has 0 saturated heterocycles. The van der Waals surface area contributed by atoms with Crippen LogP contribution in [-0.4, -0.2) is 13.1 Å². The van der Waals surface area contributed by atoms with Gasteiger partial charge in [-0.15, -0.1) is 0 Å². The lowest BCUT2D eigenvalue weighted by Crippen LogP contribution is -2.23. The molecule has 0 aliphatic carbocycles. The molecule has 2 rings (SSSR count). The fraction of sp³-hybridized carbons (Fsp3) is 0.333. The van der Waals surface area contributed by atoms with E-state index in [4.69, 9.17) is 16.3 Å². The van der Waals surface area contributed by atoms with E-state index >= 15 is 0 Å². The number of aryl methyl sites for hydroxylation is 1. The van der Waals surface area contributed by atoms with E-state index in [1.54, 1.807) is 0 Å². The second kappa shape index (κ2) is 8.18. The smallest absolute Gasteiger partial charge is 0.0956 e. The van der Waals surface area contributed by atoms with Crippen molar-refractivity contribution < 1.29 is 4.74 Å². The molecule has 3 heteroatoms. The average molecular weight is 304 g/mol. The quantitative estimate of drug-likeness (QED) is 0.812. The fourth-order valence-electron chi connectivity index (χ4n) is 2.26. The minimum Gasteiger partial charge on any atom is -0.368 e. The molecule has 1 atom stereocenters. The summed E-state index contributed by atoms with van der Waals surface area (Å²) in [5, 5.41) is 4.13. The normalized spacial score (nSPS) is 12.3. The second-order valence-corrected chi connectivity index (χ2v) is 5.53. The Hall–Kier alpha value is -1.35. The van der Waals surface area contributed by atoms with Crippen molar-refractivity contribution in [2.45, 2.75) is 26.6 Å². The van der Waals surface area contributed by atoms with Gasteiger partial charge in [-0.25, -0.2) is 0 Å². The summed E-state index contributed by atoms with van der Waals surface area (Å²) in [4.78, 5) is 0. The zero-order chi connectivity index (χ0) is 15.1. The van der Waals surface area contributed by atoms with Gasteiger partial charge in [-0.3, -0.25) is 0 Å². The van der Waals surface area contributed by atoms with Crippen molar-refractivity contribution in [2.24, 2.45) is 0 Å². The molecule has 2 nitrogen and oxygen atoms in total. The summed E-state index contributed by atoms with van der Waals surface area (Å²) in [6.45, 7) is 6.57. The molecule has 0 aliphatic heterocycles. The molecule has 0 radical (unpaired) electrons. The third-order valence-electron chi connectivity index (χ3n) is 3.48. The Morgan fingerprint density at radius 1 is 1.10 bits per heavy atom. The molecule has 0 bridgehead atoms. The zero-order valence-corrected chi connectivity index (χ0v) is 13.4. The predicted molar refractivity (Wildman–Crippen MR) is 88.7 cm³/mol. The molecule has 0 spiro atoms. The van der Waals surface area contributed by atoms with E-state index < -0.39 is 0 Å². The molecule has 0 fully saturated rings. The van der Waals surface area contributed by atoms with Gasteiger partial charge < -0.3 is 10.1 Å². The second-order valence-electron chi connectivity index (χ2n) is 5.09. The molecule has 21 heavy (non-hydrogen) atoms. The van der Waals surface area contributed by atoms with E-state index in [1.807, 2.05) is 24.3 Å². The van der Waals surface area contributed by atoms with Crippen molar-refractivity contribution in [2.75, 3.05) is 13.1 Å². The van der Waals surface area contributed by atoms with Crippen molar-refractivity contribution in [3.63, 3.8) is 0 Å². The van der Waals surface area contributed by atoms with Gasteiger partial charge in [-0.2, -0.15) is 0 Å². The van der Waals surface area contributed by atoms with E-state index in [0.717, 1.165) is 23.7 Å². The van der Waals surface area contributed by atoms with Crippen LogP contribution in [0.25, 0.3) is 0 Å². The lowest BCUT2D eigenvalue weighted by molar-refractivity contribution is 0.0398. The van der Waals surface area contributed by atoms with Gasteiger partial charge in [0.05, 0.1) is 12.7 Å². The van der Waals surface area contributed by atoms with Crippen LogP contribution in [0.1, 0.15) is 29.7 Å². The minimum absolute atomic E-state index is 0.0572. The topological polar surface area (TPSA) is 21.3 Å². The summed E-state index contributed by atoms with van der Waals surface area (Å²) in [5.74, 6) is 0. The Labute approximate surface area is 132 Å². The Kier molecular flexibility index (Phi) is 6.24. The summed E-state index contributed by atoms with van der Waals surface area (Å²) in [5.41, 5.74) is 3.64. The highest BCUT2D eigenvalue weighted by atomic mass is 35.5. The third kappa shape index (κ3) is 4.85. The van der Waals surface area contributed by atoms with E-state index in [1.165, 1.54) is 11.1 Å². The third-order valence-corrected chi connectivity index (χ3v) is 3.73. The van der Waals surface area contributed by atoms with Crippen molar-refractivity contribution in [1.82, 2.24) is 5.32 Å². The number of nitrogens with one attached hydrogen (secondary N) is 1. The van der Waals surface area contributed by atoms with Crippen LogP contribution < -0.4 is 5.32 Å². The maximum atomic E-state index is 6.13. The van der Waals surface area contributed by atoms with Gasteiger partial charge in [0, 0.05) is 11.6 Å². The molecule has 1 unspecified atom stereocenters. The Morgan fingerprint density at radius 3 is 2.48 bits per heavy atom. The average Bonchev–Trinajstić information content (AvgIpc) is 2.50. The summed E-state index contributed by atoms with van der Waals surface area (Å²) in [6, 6.07) is 16.2. The highest BCUT2D eigenvalue weighted by Gasteiger charge is 2.13. The van der Waals surface area contributed by atoms with E-state index in [0.29, 0.717) is 6.61 Å². The predicted octanol–water partition coefficient (Wildman–Crippen LogP) is 4.52. The first kappa shape index (κ1) is 16.0. The molecule has 0 amide bonds. The summed E-state index contributed by atoms with van der Waals surface area (Å²) >= 11 is 5.91. The van der Waals surface area contributed by atoms with Crippen molar-refractivity contribution in [1.29, 1.82) is 0 Å². The van der Waals surface area contributed by atoms with Gasteiger partial charge >= 0.3 is 0 Å². The largest absolute Gasteiger partial charge is 0.368 e. The van der Waals surface area contributed by atoms with Crippen LogP contribution in [0.2, 0.25) is 5.02 Å². The summed E-state index contributed by atoms with van der Waals surface area (Å²) in [7, 11) is 0. The first-order chi connectivity index (χ1) is 10.2. The number of likely N-dealkylation sites (N-methyl/N-ethyl adjacent to an activating group) is 1. The number of rotatable bonds is 7. The van der Waals surface area contributed by atoms with Crippen LogP contribution in [0.15, 0.2) is 48.5 Å². The molecule has 2 aromatic carbocycles. The lowest BCUT2D eigenvalue weighted by atomic mass is 10.0. The Morgan fingerprint density at radius 2 is 1.81 bits per heavy atom. The standard InChI is InChI=1S/C18H22ClNO/c1-3-20-12-18(17-7-5-4-6-14(17)2)21-13-15-8-10-16(19)11-9-15/h4-11,18,20H,3,12-13H2,1-2H3. The number of hydrogen-bond acceptors (Lipinski definition) is 2. The summed E-state index contributed by atoms with van der Waals surface area (Å²) in [6.07, 6.45) is 0.0572. The molecule has 0 saturated carbocycles. The number of halogens is 1. The van der Waals surface area contributed by atoms with Gasteiger partial charge in [0.15, 0.2) is 0 Å². The fourth-order valence-corrected chi connectivity index (χ4v) is 2.39. The monoisotopic (exact) mass is 303 g/mol. The molecule has 2 aromatic rings. The summed E-state index contributed by atoms with van der Waals surface area (Å²) < 4.78 is 6.13. The number of benzene rings is 2. The van der Waals surface area contributed by atoms with Crippen LogP contribution in [-0.2, 0) is 11.3 Å². The molecule has 0 aromatic heterocycles. The molecule has 0 heterocycles. The zero-order valence-electron chi connectivity index (χ0n) is 12.6. The minimum atomic E-state index is 0.0572. The molecular weight excluding hydrogens is 282 g/mol. The highest BCUT2D eigenvalue weighted by Crippen LogP contribution is 2.22.